The Kier molecular flexibility index (Phi) is 8.10. The number of nitrogens with zero attached hydrogens (tertiary/aromatic N) is 7. The Hall–Kier alpha value is -5.11. The van der Waals surface area contributed by atoms with Crippen molar-refractivity contribution in [2.45, 2.75) is 32.2 Å². The lowest BCUT2D eigenvalue weighted by Crippen LogP contribution is -3.12. The molecule has 2 aliphatic heterocycles. The monoisotopic (exact) mass is 660 g/mol. The van der Waals surface area contributed by atoms with Crippen molar-refractivity contribution in [3.8, 4) is 28.5 Å². The maximum Gasteiger partial charge on any atom is 0.237 e. The number of aromatic nitrogens is 6. The fourth-order valence-corrected chi connectivity index (χ4v) is 7.37. The Bertz CT molecular complexity index is 2020. The van der Waals surface area contributed by atoms with E-state index in [1.165, 1.54) is 11.1 Å². The van der Waals surface area contributed by atoms with Crippen LogP contribution in [0.5, 0.6) is 5.88 Å². The number of fused-ring (bicyclic) bond motifs is 1. The number of H-pyrrole nitrogens is 1. The first-order chi connectivity index (χ1) is 23.9. The van der Waals surface area contributed by atoms with Crippen LogP contribution in [0.4, 0.5) is 5.69 Å². The molecule has 3 atom stereocenters. The van der Waals surface area contributed by atoms with Gasteiger partial charge < -0.3 is 14.8 Å². The Morgan fingerprint density at radius 2 is 1.96 bits per heavy atom. The van der Waals surface area contributed by atoms with Gasteiger partial charge in [0.05, 0.1) is 24.4 Å². The molecule has 2 aromatic carbocycles. The number of rotatable bonds is 10. The summed E-state index contributed by atoms with van der Waals surface area (Å²) >= 11 is 0. The Morgan fingerprint density at radius 3 is 2.73 bits per heavy atom. The number of anilines is 1. The third kappa shape index (κ3) is 6.28. The Labute approximate surface area is 284 Å². The number of likely N-dealkylation sites (tertiary alicyclic amines) is 1. The van der Waals surface area contributed by atoms with E-state index in [9.17, 15) is 10.0 Å². The van der Waals surface area contributed by atoms with Crippen LogP contribution >= 0.6 is 0 Å². The summed E-state index contributed by atoms with van der Waals surface area (Å²) in [4.78, 5) is 26.1. The average molecular weight is 661 g/mol. The lowest BCUT2D eigenvalue weighted by Gasteiger charge is -2.29. The van der Waals surface area contributed by atoms with Crippen LogP contribution in [0.2, 0.25) is 0 Å². The summed E-state index contributed by atoms with van der Waals surface area (Å²) in [5, 5.41) is 26.4. The van der Waals surface area contributed by atoms with Gasteiger partial charge in [-0.25, -0.2) is 15.4 Å². The zero-order valence-corrected chi connectivity index (χ0v) is 27.7. The number of nitrogens with one attached hydrogen (secondary N) is 3. The van der Waals surface area contributed by atoms with Gasteiger partial charge in [-0.2, -0.15) is 10.2 Å². The molecule has 0 radical (unpaired) electrons. The maximum atomic E-state index is 13.4. The third-order valence-corrected chi connectivity index (χ3v) is 10.1. The number of quaternary nitrogens is 1. The summed E-state index contributed by atoms with van der Waals surface area (Å²) in [7, 11) is 1.86. The number of hydroxylamine groups is 1. The molecule has 13 heteroatoms. The van der Waals surface area contributed by atoms with E-state index in [2.05, 4.69) is 53.8 Å². The number of pyridine rings is 1. The molecule has 1 spiro atoms. The second-order valence-electron chi connectivity index (χ2n) is 13.4. The van der Waals surface area contributed by atoms with Crippen molar-refractivity contribution in [2.24, 2.45) is 12.5 Å². The molecule has 13 nitrogen and oxygen atoms in total. The molecule has 2 fully saturated rings. The average Bonchev–Trinajstić information content (AvgIpc) is 3.42. The molecule has 3 unspecified atom stereocenters. The molecule has 3 N–H and O–H groups in total. The number of hydrogen-bond acceptors (Lipinski definition) is 9. The smallest absolute Gasteiger partial charge is 0.237 e. The predicted octanol–water partition coefficient (Wildman–Crippen LogP) is 3.31. The number of amides is 1. The van der Waals surface area contributed by atoms with Crippen LogP contribution in [-0.2, 0) is 11.8 Å². The molecule has 5 aromatic rings. The number of hydrogen-bond donors (Lipinski definition) is 3. The molecule has 3 aromatic heterocycles. The molecule has 1 aliphatic carbocycles. The molecule has 3 aliphatic rings. The first kappa shape index (κ1) is 31.2. The Morgan fingerprint density at radius 1 is 1.10 bits per heavy atom. The summed E-state index contributed by atoms with van der Waals surface area (Å²) in [5.41, 5.74) is 9.82. The number of ether oxygens (including phenoxy) is 1. The molecule has 1 amide bonds. The first-order valence-electron chi connectivity index (χ1n) is 16.9. The van der Waals surface area contributed by atoms with E-state index >= 15 is 0 Å². The molecule has 252 valence electrons. The topological polar surface area (TPSA) is 145 Å². The molecular weight excluding hydrogens is 620 g/mol. The highest BCUT2D eigenvalue weighted by Crippen LogP contribution is 2.51. The van der Waals surface area contributed by atoms with Crippen LogP contribution in [0.15, 0.2) is 73.2 Å². The van der Waals surface area contributed by atoms with Crippen LogP contribution in [0.25, 0.3) is 39.1 Å². The van der Waals surface area contributed by atoms with Crippen LogP contribution in [-0.4, -0.2) is 91.0 Å². The van der Waals surface area contributed by atoms with Crippen molar-refractivity contribution in [1.29, 1.82) is 0 Å². The second-order valence-corrected chi connectivity index (χ2v) is 13.4. The lowest BCUT2D eigenvalue weighted by molar-refractivity contribution is -0.840. The third-order valence-electron chi connectivity index (χ3n) is 10.1. The molecule has 0 bridgehead atoms. The quantitative estimate of drug-likeness (QED) is 0.192. The van der Waals surface area contributed by atoms with E-state index in [4.69, 9.17) is 4.74 Å². The van der Waals surface area contributed by atoms with Crippen LogP contribution in [0.1, 0.15) is 31.7 Å². The van der Waals surface area contributed by atoms with Gasteiger partial charge in [0, 0.05) is 67.3 Å². The number of carbonyl (C=O) groups excluding carboxylic acids is 1. The van der Waals surface area contributed by atoms with Gasteiger partial charge in [-0.3, -0.25) is 24.6 Å². The van der Waals surface area contributed by atoms with Gasteiger partial charge in [-0.05, 0) is 61.7 Å². The highest BCUT2D eigenvalue weighted by Gasteiger charge is 2.62. The molecule has 49 heavy (non-hydrogen) atoms. The van der Waals surface area contributed by atoms with Crippen molar-refractivity contribution < 1.29 is 14.7 Å². The van der Waals surface area contributed by atoms with E-state index in [0.29, 0.717) is 37.9 Å². The SMILES string of the molecule is CCOc1cc(-c2n[nH]c3ccc(N[NH+]([O-])C4CC45CCN(CC(=O)N4CC=C(c6ccc(-c7ncn(C)n7)cc6)CC4)C5)cc23)ccn1. The normalized spacial score (nSPS) is 21.2. The molecule has 1 saturated carbocycles. The summed E-state index contributed by atoms with van der Waals surface area (Å²) in [5.74, 6) is 1.41. The Balaban J connectivity index is 0.845. The highest BCUT2D eigenvalue weighted by molar-refractivity contribution is 5.94. The van der Waals surface area contributed by atoms with Crippen molar-refractivity contribution in [2.75, 3.05) is 44.8 Å². The minimum Gasteiger partial charge on any atom is -0.608 e. The van der Waals surface area contributed by atoms with Gasteiger partial charge >= 0.3 is 0 Å². The van der Waals surface area contributed by atoms with E-state index in [0.717, 1.165) is 65.8 Å². The first-order valence-corrected chi connectivity index (χ1v) is 16.9. The molecule has 8 rings (SSSR count). The second kappa shape index (κ2) is 12.7. The summed E-state index contributed by atoms with van der Waals surface area (Å²) in [6, 6.07) is 17.8. The van der Waals surface area contributed by atoms with Crippen molar-refractivity contribution >= 4 is 28.1 Å². The summed E-state index contributed by atoms with van der Waals surface area (Å²) in [6.07, 6.45) is 8.18. The van der Waals surface area contributed by atoms with Gasteiger partial charge in [0.2, 0.25) is 11.8 Å². The predicted molar refractivity (Wildman–Crippen MR) is 186 cm³/mol. The zero-order valence-electron chi connectivity index (χ0n) is 27.7. The minimum atomic E-state index is -0.0543. The highest BCUT2D eigenvalue weighted by atomic mass is 16.5. The van der Waals surface area contributed by atoms with Crippen LogP contribution in [0, 0.1) is 10.6 Å². The standard InChI is InChI=1S/C36H40N10O3/c1-3-49-32-18-27(10-14-37-32)34-29-19-28(8-9-30(29)39-40-34)41-46(48)31-20-36(31)13-17-44(22-36)21-33(47)45-15-11-25(12-16-45)24-4-6-26(7-5-24)35-38-23-43(2)42-35/h4-11,14,18-19,23,31,41,46H,3,12-13,15-17,20-22H2,1-2H3,(H,39,40). The van der Waals surface area contributed by atoms with Crippen molar-refractivity contribution in [1.82, 2.24) is 39.7 Å². The largest absolute Gasteiger partial charge is 0.608 e. The lowest BCUT2D eigenvalue weighted by atomic mass is 9.98. The summed E-state index contributed by atoms with van der Waals surface area (Å²) < 4.78 is 7.27. The molecular formula is C36H40N10O3. The van der Waals surface area contributed by atoms with E-state index in [1.54, 1.807) is 17.2 Å². The minimum absolute atomic E-state index is 0.0399. The zero-order chi connectivity index (χ0) is 33.5. The van der Waals surface area contributed by atoms with Crippen molar-refractivity contribution in [3.63, 3.8) is 0 Å². The van der Waals surface area contributed by atoms with Crippen molar-refractivity contribution in [3.05, 3.63) is 84.0 Å². The number of aryl methyl sites for hydroxylation is 1. The number of aromatic amines is 1. The van der Waals surface area contributed by atoms with Gasteiger partial charge in [0.1, 0.15) is 18.1 Å². The van der Waals surface area contributed by atoms with Gasteiger partial charge in [0.25, 0.3) is 0 Å². The summed E-state index contributed by atoms with van der Waals surface area (Å²) in [6.45, 7) is 5.78. The van der Waals surface area contributed by atoms with Gasteiger partial charge in [0.15, 0.2) is 5.82 Å². The van der Waals surface area contributed by atoms with Crippen LogP contribution in [0.3, 0.4) is 0 Å². The van der Waals surface area contributed by atoms with E-state index < -0.39 is 0 Å². The number of carbonyl (C=O) groups is 1. The molecule has 5 heterocycles. The fourth-order valence-electron chi connectivity index (χ4n) is 7.37. The maximum absolute atomic E-state index is 13.4. The fraction of sp³-hybridized carbons (Fsp3) is 0.361. The van der Waals surface area contributed by atoms with E-state index in [-0.39, 0.29) is 22.5 Å². The molecule has 1 saturated heterocycles. The van der Waals surface area contributed by atoms with E-state index in [1.807, 2.05) is 61.3 Å². The van der Waals surface area contributed by atoms with Gasteiger partial charge in [-0.1, -0.05) is 30.3 Å². The van der Waals surface area contributed by atoms with Gasteiger partial charge in [-0.15, -0.1) is 0 Å². The number of benzene rings is 2. The van der Waals surface area contributed by atoms with Crippen LogP contribution < -0.4 is 15.3 Å².